The lowest BCUT2D eigenvalue weighted by Gasteiger charge is -2.09. The average Bonchev–Trinajstić information content (AvgIpc) is 2.96. The number of hydrazone groups is 1. The summed E-state index contributed by atoms with van der Waals surface area (Å²) >= 11 is 2.25. The van der Waals surface area contributed by atoms with Crippen molar-refractivity contribution in [1.29, 1.82) is 0 Å². The highest BCUT2D eigenvalue weighted by molar-refractivity contribution is 14.1. The van der Waals surface area contributed by atoms with Crippen LogP contribution in [0.1, 0.15) is 28.1 Å². The van der Waals surface area contributed by atoms with Gasteiger partial charge in [0.05, 0.1) is 18.2 Å². The minimum Gasteiger partial charge on any atom is -0.318 e. The Kier molecular flexibility index (Phi) is 6.64. The SMILES string of the molecule is Cc1cc(/C=N/NC(=O)Cc2cccc(C(F)(F)F)c2)c(C)n1-c1ccc(I)cc1. The first-order valence-electron chi connectivity index (χ1n) is 9.08. The largest absolute Gasteiger partial charge is 0.416 e. The number of nitrogens with zero attached hydrogens (tertiary/aromatic N) is 2. The van der Waals surface area contributed by atoms with Crippen molar-refractivity contribution in [2.45, 2.75) is 26.4 Å². The van der Waals surface area contributed by atoms with Crippen LogP contribution in [0.3, 0.4) is 0 Å². The van der Waals surface area contributed by atoms with Gasteiger partial charge < -0.3 is 4.57 Å². The maximum absolute atomic E-state index is 12.8. The predicted octanol–water partition coefficient (Wildman–Crippen LogP) is 5.41. The number of hydrogen-bond acceptors (Lipinski definition) is 2. The predicted molar refractivity (Wildman–Crippen MR) is 119 cm³/mol. The summed E-state index contributed by atoms with van der Waals surface area (Å²) in [5.74, 6) is -0.489. The number of aryl methyl sites for hydroxylation is 1. The van der Waals surface area contributed by atoms with Crippen LogP contribution in [0.15, 0.2) is 59.7 Å². The van der Waals surface area contributed by atoms with E-state index in [2.05, 4.69) is 37.7 Å². The third kappa shape index (κ3) is 5.29. The van der Waals surface area contributed by atoms with Crippen molar-refractivity contribution >= 4 is 34.7 Å². The number of alkyl halides is 3. The lowest BCUT2D eigenvalue weighted by molar-refractivity contribution is -0.137. The van der Waals surface area contributed by atoms with Gasteiger partial charge >= 0.3 is 6.18 Å². The van der Waals surface area contributed by atoms with Crippen LogP contribution in [-0.2, 0) is 17.4 Å². The van der Waals surface area contributed by atoms with E-state index in [1.807, 2.05) is 44.2 Å². The zero-order valence-electron chi connectivity index (χ0n) is 16.3. The minimum absolute atomic E-state index is 0.192. The van der Waals surface area contributed by atoms with Crippen LogP contribution in [0.4, 0.5) is 13.2 Å². The molecular formula is C22H19F3IN3O. The molecule has 1 N–H and O–H groups in total. The third-order valence-electron chi connectivity index (χ3n) is 4.57. The average molecular weight is 525 g/mol. The molecule has 30 heavy (non-hydrogen) atoms. The standard InChI is InChI=1S/C22H19F3IN3O/c1-14-10-17(15(2)29(14)20-8-6-19(26)7-9-20)13-27-28-21(30)12-16-4-3-5-18(11-16)22(23,24)25/h3-11,13H,12H2,1-2H3,(H,28,30)/b27-13+. The molecule has 3 aromatic rings. The fourth-order valence-electron chi connectivity index (χ4n) is 3.16. The second-order valence-corrected chi connectivity index (χ2v) is 8.05. The summed E-state index contributed by atoms with van der Waals surface area (Å²) in [6, 6.07) is 14.8. The van der Waals surface area contributed by atoms with E-state index in [1.54, 1.807) is 0 Å². The summed E-state index contributed by atoms with van der Waals surface area (Å²) < 4.78 is 41.6. The highest BCUT2D eigenvalue weighted by Crippen LogP contribution is 2.29. The fourth-order valence-corrected chi connectivity index (χ4v) is 3.52. The lowest BCUT2D eigenvalue weighted by Crippen LogP contribution is -2.20. The molecule has 0 saturated carbocycles. The third-order valence-corrected chi connectivity index (χ3v) is 5.29. The van der Waals surface area contributed by atoms with Gasteiger partial charge in [-0.3, -0.25) is 4.79 Å². The molecule has 0 bridgehead atoms. The Morgan fingerprint density at radius 1 is 1.13 bits per heavy atom. The summed E-state index contributed by atoms with van der Waals surface area (Å²) in [4.78, 5) is 12.1. The van der Waals surface area contributed by atoms with Crippen molar-refractivity contribution in [3.8, 4) is 5.69 Å². The number of amides is 1. The highest BCUT2D eigenvalue weighted by Gasteiger charge is 2.30. The smallest absolute Gasteiger partial charge is 0.318 e. The molecular weight excluding hydrogens is 506 g/mol. The van der Waals surface area contributed by atoms with Gasteiger partial charge in [-0.05, 0) is 78.4 Å². The lowest BCUT2D eigenvalue weighted by atomic mass is 10.1. The van der Waals surface area contributed by atoms with Crippen molar-refractivity contribution in [2.24, 2.45) is 5.10 Å². The Bertz CT molecular complexity index is 1090. The highest BCUT2D eigenvalue weighted by atomic mass is 127. The zero-order valence-corrected chi connectivity index (χ0v) is 18.5. The van der Waals surface area contributed by atoms with Crippen LogP contribution in [0.5, 0.6) is 0 Å². The van der Waals surface area contributed by atoms with E-state index in [-0.39, 0.29) is 12.0 Å². The van der Waals surface area contributed by atoms with Crippen molar-refractivity contribution in [3.63, 3.8) is 0 Å². The van der Waals surface area contributed by atoms with Gasteiger partial charge in [-0.1, -0.05) is 18.2 Å². The Labute approximate surface area is 185 Å². The maximum atomic E-state index is 12.8. The molecule has 8 heteroatoms. The molecule has 0 radical (unpaired) electrons. The van der Waals surface area contributed by atoms with Crippen LogP contribution in [0, 0.1) is 17.4 Å². The van der Waals surface area contributed by atoms with Gasteiger partial charge in [0.15, 0.2) is 0 Å². The van der Waals surface area contributed by atoms with E-state index >= 15 is 0 Å². The van der Waals surface area contributed by atoms with Crippen LogP contribution >= 0.6 is 22.6 Å². The first-order chi connectivity index (χ1) is 14.1. The number of halogens is 4. The monoisotopic (exact) mass is 525 g/mol. The second-order valence-electron chi connectivity index (χ2n) is 6.81. The summed E-state index contributed by atoms with van der Waals surface area (Å²) in [5, 5.41) is 3.97. The van der Waals surface area contributed by atoms with E-state index in [9.17, 15) is 18.0 Å². The van der Waals surface area contributed by atoms with E-state index < -0.39 is 17.6 Å². The Hall–Kier alpha value is -2.62. The molecule has 0 aliphatic carbocycles. The topological polar surface area (TPSA) is 46.4 Å². The number of carbonyl (C=O) groups is 1. The molecule has 0 unspecified atom stereocenters. The first-order valence-corrected chi connectivity index (χ1v) is 10.2. The summed E-state index contributed by atoms with van der Waals surface area (Å²) in [7, 11) is 0. The summed E-state index contributed by atoms with van der Waals surface area (Å²) in [5.41, 5.74) is 5.72. The molecule has 1 aromatic heterocycles. The number of rotatable bonds is 5. The number of nitrogens with one attached hydrogen (secondary N) is 1. The van der Waals surface area contributed by atoms with E-state index in [0.717, 1.165) is 38.3 Å². The van der Waals surface area contributed by atoms with Gasteiger partial charge in [-0.25, -0.2) is 5.43 Å². The first kappa shape index (κ1) is 22.1. The number of hydrogen-bond donors (Lipinski definition) is 1. The molecule has 0 aliphatic heterocycles. The van der Waals surface area contributed by atoms with E-state index in [1.165, 1.54) is 18.3 Å². The van der Waals surface area contributed by atoms with Gasteiger partial charge in [0, 0.05) is 26.2 Å². The van der Waals surface area contributed by atoms with Gasteiger partial charge in [-0.15, -0.1) is 0 Å². The normalized spacial score (nSPS) is 11.8. The molecule has 1 amide bonds. The van der Waals surface area contributed by atoms with Gasteiger partial charge in [0.25, 0.3) is 0 Å². The molecule has 3 rings (SSSR count). The van der Waals surface area contributed by atoms with Gasteiger partial charge in [0.1, 0.15) is 0 Å². The minimum atomic E-state index is -4.44. The molecule has 0 atom stereocenters. The van der Waals surface area contributed by atoms with Gasteiger partial charge in [0.2, 0.25) is 5.91 Å². The van der Waals surface area contributed by atoms with Crippen LogP contribution in [0.25, 0.3) is 5.69 Å². The van der Waals surface area contributed by atoms with Crippen molar-refractivity contribution in [1.82, 2.24) is 9.99 Å². The Morgan fingerprint density at radius 2 is 1.83 bits per heavy atom. The molecule has 0 spiro atoms. The van der Waals surface area contributed by atoms with Crippen LogP contribution in [0.2, 0.25) is 0 Å². The quantitative estimate of drug-likeness (QED) is 0.271. The van der Waals surface area contributed by atoms with Crippen molar-refractivity contribution in [2.75, 3.05) is 0 Å². The molecule has 0 saturated heterocycles. The molecule has 1 heterocycles. The number of benzene rings is 2. The molecule has 4 nitrogen and oxygen atoms in total. The Balaban J connectivity index is 1.68. The zero-order chi connectivity index (χ0) is 21.9. The van der Waals surface area contributed by atoms with Crippen molar-refractivity contribution < 1.29 is 18.0 Å². The Morgan fingerprint density at radius 3 is 2.50 bits per heavy atom. The summed E-state index contributed by atoms with van der Waals surface area (Å²) in [6.45, 7) is 3.94. The molecule has 0 aliphatic rings. The van der Waals surface area contributed by atoms with E-state index in [0.29, 0.717) is 0 Å². The molecule has 0 fully saturated rings. The maximum Gasteiger partial charge on any atom is 0.416 e. The van der Waals surface area contributed by atoms with Crippen molar-refractivity contribution in [3.05, 3.63) is 86.2 Å². The fraction of sp³-hybridized carbons (Fsp3) is 0.182. The summed E-state index contributed by atoms with van der Waals surface area (Å²) in [6.07, 6.45) is -3.09. The van der Waals surface area contributed by atoms with Crippen LogP contribution in [-0.4, -0.2) is 16.7 Å². The number of aromatic nitrogens is 1. The van der Waals surface area contributed by atoms with Crippen LogP contribution < -0.4 is 5.43 Å². The van der Waals surface area contributed by atoms with Gasteiger partial charge in [-0.2, -0.15) is 18.3 Å². The number of carbonyl (C=O) groups excluding carboxylic acids is 1. The van der Waals surface area contributed by atoms with E-state index in [4.69, 9.17) is 0 Å². The second kappa shape index (κ2) is 9.03. The molecule has 156 valence electrons. The molecule has 2 aromatic carbocycles.